The summed E-state index contributed by atoms with van der Waals surface area (Å²) in [5.41, 5.74) is 0. The number of unbranched alkanes of at least 4 members (excludes halogenated alkanes) is 2. The minimum atomic E-state index is -0.359. The molecule has 0 aromatic rings. The Morgan fingerprint density at radius 2 is 0.893 bits per heavy atom. The molecule has 0 aliphatic rings. The molecule has 0 atom stereocenters. The van der Waals surface area contributed by atoms with Crippen LogP contribution in [-0.2, 0) is 19.2 Å². The summed E-state index contributed by atoms with van der Waals surface area (Å²) in [7, 11) is 3.69. The van der Waals surface area contributed by atoms with Crippen molar-refractivity contribution < 1.29 is 19.2 Å². The molecule has 0 fully saturated rings. The first-order valence-corrected chi connectivity index (χ1v) is 10.3. The predicted molar refractivity (Wildman–Crippen MR) is 113 cm³/mol. The third-order valence-corrected chi connectivity index (χ3v) is 3.83. The lowest BCUT2D eigenvalue weighted by atomic mass is 10.2. The zero-order valence-corrected chi connectivity index (χ0v) is 18.4. The normalized spacial score (nSPS) is 9.86. The average molecular weight is 441 g/mol. The van der Waals surface area contributed by atoms with E-state index in [9.17, 15) is 19.2 Å². The largest absolute Gasteiger partial charge is 0.355 e. The summed E-state index contributed by atoms with van der Waals surface area (Å²) in [5.74, 6) is 0.113. The van der Waals surface area contributed by atoms with E-state index in [1.54, 1.807) is 0 Å². The van der Waals surface area contributed by atoms with E-state index in [4.69, 9.17) is 23.2 Å². The standard InChI is InChI=1S/C12H26N4O2.C6H8Cl2O2/c1-13-7-9-15-11(17)5-3-4-6-12(18)16-10-8-14-2;7-5(9)3-1-2-4-6(8)10/h13-14H,3-10H2,1-2H3,(H,15,17)(H,16,18);1-4H2. The van der Waals surface area contributed by atoms with Gasteiger partial charge in [0.25, 0.3) is 0 Å². The van der Waals surface area contributed by atoms with Crippen LogP contribution in [0.1, 0.15) is 51.4 Å². The molecule has 0 rings (SSSR count). The van der Waals surface area contributed by atoms with Crippen molar-refractivity contribution in [1.82, 2.24) is 21.3 Å². The number of amides is 2. The molecule has 0 saturated heterocycles. The summed E-state index contributed by atoms with van der Waals surface area (Å²) < 4.78 is 0. The second-order valence-corrected chi connectivity index (χ2v) is 6.87. The van der Waals surface area contributed by atoms with Gasteiger partial charge in [0.2, 0.25) is 22.3 Å². The van der Waals surface area contributed by atoms with Crippen molar-refractivity contribution >= 4 is 45.5 Å². The first-order valence-electron chi connectivity index (χ1n) is 9.52. The van der Waals surface area contributed by atoms with Gasteiger partial charge in [-0.2, -0.15) is 0 Å². The summed E-state index contributed by atoms with van der Waals surface area (Å²) >= 11 is 10.1. The molecular formula is C18H34Cl2N4O4. The molecule has 2 amide bonds. The van der Waals surface area contributed by atoms with E-state index in [-0.39, 0.29) is 22.3 Å². The van der Waals surface area contributed by atoms with Crippen LogP contribution >= 0.6 is 23.2 Å². The highest BCUT2D eigenvalue weighted by molar-refractivity contribution is 6.63. The molecule has 0 radical (unpaired) electrons. The van der Waals surface area contributed by atoms with Crippen LogP contribution in [0.2, 0.25) is 0 Å². The van der Waals surface area contributed by atoms with E-state index in [0.29, 0.717) is 51.6 Å². The second kappa shape index (κ2) is 22.1. The number of carbonyl (C=O) groups excluding carboxylic acids is 4. The van der Waals surface area contributed by atoms with Crippen molar-refractivity contribution in [1.29, 1.82) is 0 Å². The van der Waals surface area contributed by atoms with E-state index in [2.05, 4.69) is 21.3 Å². The Morgan fingerprint density at radius 1 is 0.571 bits per heavy atom. The molecule has 0 saturated carbocycles. The zero-order valence-electron chi connectivity index (χ0n) is 16.9. The van der Waals surface area contributed by atoms with Gasteiger partial charge in [-0.25, -0.2) is 0 Å². The second-order valence-electron chi connectivity index (χ2n) is 6.03. The molecule has 0 spiro atoms. The van der Waals surface area contributed by atoms with Gasteiger partial charge in [0.05, 0.1) is 0 Å². The Kier molecular flexibility index (Phi) is 22.8. The summed E-state index contributed by atoms with van der Waals surface area (Å²) in [6.07, 6.45) is 4.43. The van der Waals surface area contributed by atoms with E-state index in [1.165, 1.54) is 0 Å². The van der Waals surface area contributed by atoms with Gasteiger partial charge in [-0.05, 0) is 63.0 Å². The van der Waals surface area contributed by atoms with Crippen LogP contribution in [0.4, 0.5) is 0 Å². The molecule has 10 heteroatoms. The van der Waals surface area contributed by atoms with Gasteiger partial charge in [0.1, 0.15) is 0 Å². The molecule has 164 valence electrons. The van der Waals surface area contributed by atoms with Crippen LogP contribution in [0.3, 0.4) is 0 Å². The highest BCUT2D eigenvalue weighted by atomic mass is 35.5. The lowest BCUT2D eigenvalue weighted by Gasteiger charge is -2.05. The van der Waals surface area contributed by atoms with E-state index in [0.717, 1.165) is 25.9 Å². The SMILES string of the molecule is CNCCNC(=O)CCCCC(=O)NCCNC.O=C(Cl)CCCCC(=O)Cl. The van der Waals surface area contributed by atoms with Crippen molar-refractivity contribution in [2.24, 2.45) is 0 Å². The highest BCUT2D eigenvalue weighted by Gasteiger charge is 2.03. The molecule has 4 N–H and O–H groups in total. The maximum absolute atomic E-state index is 11.3. The summed E-state index contributed by atoms with van der Waals surface area (Å²) in [5, 5.41) is 10.8. The number of nitrogens with one attached hydrogen (secondary N) is 4. The fourth-order valence-corrected chi connectivity index (χ4v) is 2.20. The van der Waals surface area contributed by atoms with Gasteiger partial charge in [-0.15, -0.1) is 0 Å². The molecule has 0 aromatic heterocycles. The van der Waals surface area contributed by atoms with Gasteiger partial charge in [-0.1, -0.05) is 0 Å². The molecule has 0 aliphatic heterocycles. The van der Waals surface area contributed by atoms with E-state index < -0.39 is 0 Å². The molecule has 0 aliphatic carbocycles. The van der Waals surface area contributed by atoms with Crippen molar-refractivity contribution in [3.63, 3.8) is 0 Å². The van der Waals surface area contributed by atoms with E-state index in [1.807, 2.05) is 14.1 Å². The molecule has 8 nitrogen and oxygen atoms in total. The van der Waals surface area contributed by atoms with Crippen molar-refractivity contribution in [2.45, 2.75) is 51.4 Å². The predicted octanol–water partition coefficient (Wildman–Crippen LogP) is 1.30. The van der Waals surface area contributed by atoms with Crippen molar-refractivity contribution in [3.8, 4) is 0 Å². The minimum absolute atomic E-state index is 0.0563. The van der Waals surface area contributed by atoms with E-state index >= 15 is 0 Å². The number of hydrogen-bond acceptors (Lipinski definition) is 6. The Labute approximate surface area is 177 Å². The maximum Gasteiger partial charge on any atom is 0.221 e. The van der Waals surface area contributed by atoms with Crippen LogP contribution in [0.5, 0.6) is 0 Å². The smallest absolute Gasteiger partial charge is 0.221 e. The number of rotatable bonds is 16. The quantitative estimate of drug-likeness (QED) is 0.212. The monoisotopic (exact) mass is 440 g/mol. The molecule has 0 unspecified atom stereocenters. The van der Waals surface area contributed by atoms with Gasteiger partial charge in [0, 0.05) is 51.9 Å². The minimum Gasteiger partial charge on any atom is -0.355 e. The van der Waals surface area contributed by atoms with Gasteiger partial charge in [-0.3, -0.25) is 19.2 Å². The molecule has 0 aromatic carbocycles. The number of hydrogen-bond donors (Lipinski definition) is 4. The van der Waals surface area contributed by atoms with Gasteiger partial charge in [0.15, 0.2) is 0 Å². The summed E-state index contributed by atoms with van der Waals surface area (Å²) in [6, 6.07) is 0. The van der Waals surface area contributed by atoms with Crippen molar-refractivity contribution in [2.75, 3.05) is 40.3 Å². The van der Waals surface area contributed by atoms with Crippen LogP contribution in [-0.4, -0.2) is 62.6 Å². The first-order chi connectivity index (χ1) is 13.3. The highest BCUT2D eigenvalue weighted by Crippen LogP contribution is 2.04. The van der Waals surface area contributed by atoms with Crippen molar-refractivity contribution in [3.05, 3.63) is 0 Å². The lowest BCUT2D eigenvalue weighted by molar-refractivity contribution is -0.123. The Morgan fingerprint density at radius 3 is 1.18 bits per heavy atom. The lowest BCUT2D eigenvalue weighted by Crippen LogP contribution is -2.31. The number of likely N-dealkylation sites (N-methyl/N-ethyl adjacent to an activating group) is 2. The zero-order chi connectivity index (χ0) is 21.6. The Balaban J connectivity index is 0. The van der Waals surface area contributed by atoms with Crippen LogP contribution in [0.25, 0.3) is 0 Å². The molecule has 0 bridgehead atoms. The molecule has 28 heavy (non-hydrogen) atoms. The van der Waals surface area contributed by atoms with Crippen LogP contribution in [0.15, 0.2) is 0 Å². The molecular weight excluding hydrogens is 407 g/mol. The summed E-state index contributed by atoms with van der Waals surface area (Å²) in [4.78, 5) is 42.9. The van der Waals surface area contributed by atoms with Gasteiger partial charge >= 0.3 is 0 Å². The molecule has 0 heterocycles. The third kappa shape index (κ3) is 27.0. The fraction of sp³-hybridized carbons (Fsp3) is 0.778. The average Bonchev–Trinajstić information content (AvgIpc) is 2.63. The van der Waals surface area contributed by atoms with Crippen LogP contribution in [0, 0.1) is 0 Å². The third-order valence-electron chi connectivity index (χ3n) is 3.45. The fourth-order valence-electron chi connectivity index (χ4n) is 1.93. The van der Waals surface area contributed by atoms with Crippen LogP contribution < -0.4 is 21.3 Å². The Hall–Kier alpha value is -1.22. The van der Waals surface area contributed by atoms with Gasteiger partial charge < -0.3 is 21.3 Å². The summed E-state index contributed by atoms with van der Waals surface area (Å²) in [6.45, 7) is 2.86. The number of halogens is 2. The number of carbonyl (C=O) groups is 4. The Bertz CT molecular complexity index is 411. The maximum atomic E-state index is 11.3. The topological polar surface area (TPSA) is 116 Å². The first kappa shape index (κ1) is 29.0.